The number of aromatic nitrogens is 5. The van der Waals surface area contributed by atoms with Crippen molar-refractivity contribution in [1.82, 2.24) is 25.0 Å². The standard InChI is InChI=1S/C16H17N5O2S/c1-10(14-18-19-15(23-14)11-5-3-2-4-6-11)24-16-20-17-13(9-22)21(16)12-7-8-12/h2-6,10,12,22H,7-9H2,1H3. The number of aliphatic hydroxyl groups excluding tert-OH is 1. The van der Waals surface area contributed by atoms with Crippen molar-refractivity contribution in [3.8, 4) is 11.5 Å². The lowest BCUT2D eigenvalue weighted by Gasteiger charge is -2.09. The minimum Gasteiger partial charge on any atom is -0.419 e. The van der Waals surface area contributed by atoms with Gasteiger partial charge in [0.05, 0.1) is 5.25 Å². The second-order valence-electron chi connectivity index (χ2n) is 5.73. The van der Waals surface area contributed by atoms with E-state index in [4.69, 9.17) is 4.42 Å². The Morgan fingerprint density at radius 1 is 1.21 bits per heavy atom. The van der Waals surface area contributed by atoms with E-state index in [-0.39, 0.29) is 11.9 Å². The molecule has 1 N–H and O–H groups in total. The second-order valence-corrected chi connectivity index (χ2v) is 7.04. The molecular weight excluding hydrogens is 326 g/mol. The smallest absolute Gasteiger partial charge is 0.247 e. The van der Waals surface area contributed by atoms with E-state index >= 15 is 0 Å². The van der Waals surface area contributed by atoms with E-state index in [1.54, 1.807) is 0 Å². The Bertz CT molecular complexity index is 828. The Kier molecular flexibility index (Phi) is 4.07. The fourth-order valence-electron chi connectivity index (χ4n) is 2.50. The van der Waals surface area contributed by atoms with Gasteiger partial charge in [0.1, 0.15) is 6.61 Å². The van der Waals surface area contributed by atoms with E-state index < -0.39 is 0 Å². The summed E-state index contributed by atoms with van der Waals surface area (Å²) in [7, 11) is 0. The minimum atomic E-state index is -0.100. The van der Waals surface area contributed by atoms with E-state index in [0.29, 0.717) is 23.6 Å². The zero-order chi connectivity index (χ0) is 16.5. The molecular formula is C16H17N5O2S. The number of hydrogen-bond donors (Lipinski definition) is 1. The van der Waals surface area contributed by atoms with Crippen LogP contribution >= 0.6 is 11.8 Å². The molecule has 1 fully saturated rings. The molecule has 4 rings (SSSR count). The van der Waals surface area contributed by atoms with Crippen LogP contribution in [0.4, 0.5) is 0 Å². The molecule has 0 saturated heterocycles. The summed E-state index contributed by atoms with van der Waals surface area (Å²) in [6.45, 7) is 1.90. The van der Waals surface area contributed by atoms with E-state index in [2.05, 4.69) is 20.4 Å². The van der Waals surface area contributed by atoms with Gasteiger partial charge >= 0.3 is 0 Å². The summed E-state index contributed by atoms with van der Waals surface area (Å²) in [6, 6.07) is 10.1. The molecule has 7 nitrogen and oxygen atoms in total. The van der Waals surface area contributed by atoms with Crippen LogP contribution in [0.1, 0.15) is 42.8 Å². The Hall–Kier alpha value is -2.19. The maximum atomic E-state index is 9.42. The lowest BCUT2D eigenvalue weighted by Crippen LogP contribution is -2.03. The van der Waals surface area contributed by atoms with Crippen molar-refractivity contribution in [2.24, 2.45) is 0 Å². The van der Waals surface area contributed by atoms with Gasteiger partial charge < -0.3 is 14.1 Å². The molecule has 0 spiro atoms. The number of benzene rings is 1. The first-order valence-electron chi connectivity index (χ1n) is 7.86. The van der Waals surface area contributed by atoms with Gasteiger partial charge in [0.15, 0.2) is 11.0 Å². The molecule has 2 aromatic heterocycles. The molecule has 1 aliphatic rings. The number of nitrogens with zero attached hydrogens (tertiary/aromatic N) is 5. The van der Waals surface area contributed by atoms with Crippen molar-refractivity contribution >= 4 is 11.8 Å². The van der Waals surface area contributed by atoms with Gasteiger partial charge in [-0.25, -0.2) is 0 Å². The van der Waals surface area contributed by atoms with Crippen LogP contribution < -0.4 is 0 Å². The first kappa shape index (κ1) is 15.3. The van der Waals surface area contributed by atoms with E-state index in [9.17, 15) is 5.11 Å². The zero-order valence-corrected chi connectivity index (χ0v) is 14.0. The Morgan fingerprint density at radius 2 is 2.00 bits per heavy atom. The summed E-state index contributed by atoms with van der Waals surface area (Å²) in [6.07, 6.45) is 2.21. The highest BCUT2D eigenvalue weighted by molar-refractivity contribution is 7.99. The third-order valence-corrected chi connectivity index (χ3v) is 4.92. The molecule has 1 atom stereocenters. The van der Waals surface area contributed by atoms with Crippen LogP contribution in [0.5, 0.6) is 0 Å². The number of thioether (sulfide) groups is 1. The average Bonchev–Trinajstić information content (AvgIpc) is 3.18. The van der Waals surface area contributed by atoms with Crippen molar-refractivity contribution in [2.45, 2.75) is 42.8 Å². The fraction of sp³-hybridized carbons (Fsp3) is 0.375. The van der Waals surface area contributed by atoms with Crippen LogP contribution in [0.25, 0.3) is 11.5 Å². The van der Waals surface area contributed by atoms with Gasteiger partial charge in [-0.15, -0.1) is 20.4 Å². The minimum absolute atomic E-state index is 0.0526. The van der Waals surface area contributed by atoms with Crippen LogP contribution in [-0.2, 0) is 6.61 Å². The average molecular weight is 343 g/mol. The van der Waals surface area contributed by atoms with Gasteiger partial charge in [-0.2, -0.15) is 0 Å². The van der Waals surface area contributed by atoms with E-state index in [1.807, 2.05) is 41.8 Å². The Labute approximate surface area is 143 Å². The first-order chi connectivity index (χ1) is 11.8. The molecule has 0 radical (unpaired) electrons. The highest BCUT2D eigenvalue weighted by atomic mass is 32.2. The predicted octanol–water partition coefficient (Wildman–Crippen LogP) is 3.01. The highest BCUT2D eigenvalue weighted by Gasteiger charge is 2.30. The van der Waals surface area contributed by atoms with Gasteiger partial charge in [-0.05, 0) is 31.9 Å². The summed E-state index contributed by atoms with van der Waals surface area (Å²) in [5.74, 6) is 1.68. The molecule has 2 heterocycles. The number of rotatable bonds is 6. The Balaban J connectivity index is 1.54. The molecule has 3 aromatic rings. The summed E-state index contributed by atoms with van der Waals surface area (Å²) in [4.78, 5) is 0. The molecule has 0 amide bonds. The van der Waals surface area contributed by atoms with Crippen molar-refractivity contribution in [3.05, 3.63) is 42.0 Å². The molecule has 1 saturated carbocycles. The molecule has 1 aliphatic carbocycles. The topological polar surface area (TPSA) is 89.9 Å². The van der Waals surface area contributed by atoms with E-state index in [1.165, 1.54) is 11.8 Å². The van der Waals surface area contributed by atoms with Crippen LogP contribution in [0.15, 0.2) is 39.9 Å². The van der Waals surface area contributed by atoms with Gasteiger partial charge in [0.2, 0.25) is 11.8 Å². The summed E-state index contributed by atoms with van der Waals surface area (Å²) >= 11 is 1.52. The predicted molar refractivity (Wildman–Crippen MR) is 88.2 cm³/mol. The zero-order valence-electron chi connectivity index (χ0n) is 13.2. The molecule has 0 aliphatic heterocycles. The number of hydrogen-bond acceptors (Lipinski definition) is 7. The number of aliphatic hydroxyl groups is 1. The molecule has 1 aromatic carbocycles. The highest BCUT2D eigenvalue weighted by Crippen LogP contribution is 2.42. The summed E-state index contributed by atoms with van der Waals surface area (Å²) in [5, 5.41) is 26.7. The Morgan fingerprint density at radius 3 is 2.71 bits per heavy atom. The van der Waals surface area contributed by atoms with Crippen molar-refractivity contribution < 1.29 is 9.52 Å². The summed E-state index contributed by atoms with van der Waals surface area (Å²) in [5.41, 5.74) is 0.900. The van der Waals surface area contributed by atoms with Crippen LogP contribution in [0.3, 0.4) is 0 Å². The van der Waals surface area contributed by atoms with Gasteiger partial charge in [-0.3, -0.25) is 0 Å². The third kappa shape index (κ3) is 2.94. The van der Waals surface area contributed by atoms with Crippen LogP contribution in [0.2, 0.25) is 0 Å². The normalized spacial score (nSPS) is 15.6. The fourth-order valence-corrected chi connectivity index (χ4v) is 3.47. The van der Waals surface area contributed by atoms with Crippen LogP contribution in [0, 0.1) is 0 Å². The second kappa shape index (κ2) is 6.37. The largest absolute Gasteiger partial charge is 0.419 e. The lowest BCUT2D eigenvalue weighted by molar-refractivity contribution is 0.263. The third-order valence-electron chi connectivity index (χ3n) is 3.88. The van der Waals surface area contributed by atoms with Crippen LogP contribution in [-0.4, -0.2) is 30.1 Å². The monoisotopic (exact) mass is 343 g/mol. The SMILES string of the molecule is CC(Sc1nnc(CO)n1C1CC1)c1nnc(-c2ccccc2)o1. The lowest BCUT2D eigenvalue weighted by atomic mass is 10.2. The maximum Gasteiger partial charge on any atom is 0.247 e. The molecule has 1 unspecified atom stereocenters. The van der Waals surface area contributed by atoms with Gasteiger partial charge in [-0.1, -0.05) is 30.0 Å². The molecule has 124 valence electrons. The molecule has 0 bridgehead atoms. The molecule has 8 heteroatoms. The maximum absolute atomic E-state index is 9.42. The van der Waals surface area contributed by atoms with Crippen molar-refractivity contribution in [3.63, 3.8) is 0 Å². The summed E-state index contributed by atoms with van der Waals surface area (Å²) < 4.78 is 7.83. The quantitative estimate of drug-likeness (QED) is 0.688. The first-order valence-corrected chi connectivity index (χ1v) is 8.74. The molecule has 24 heavy (non-hydrogen) atoms. The van der Waals surface area contributed by atoms with Crippen molar-refractivity contribution in [1.29, 1.82) is 0 Å². The van der Waals surface area contributed by atoms with Gasteiger partial charge in [0.25, 0.3) is 0 Å². The van der Waals surface area contributed by atoms with Crippen molar-refractivity contribution in [2.75, 3.05) is 0 Å². The van der Waals surface area contributed by atoms with Gasteiger partial charge in [0, 0.05) is 11.6 Å². The van der Waals surface area contributed by atoms with E-state index in [0.717, 1.165) is 23.6 Å².